The molecule has 2 heterocycles. The Labute approximate surface area is 114 Å². The fourth-order valence-electron chi connectivity index (χ4n) is 2.78. The highest BCUT2D eigenvalue weighted by Gasteiger charge is 2.31. The van der Waals surface area contributed by atoms with Gasteiger partial charge in [0.2, 0.25) is 0 Å². The molecule has 1 atom stereocenters. The van der Waals surface area contributed by atoms with E-state index in [-0.39, 0.29) is 5.25 Å². The van der Waals surface area contributed by atoms with E-state index >= 15 is 0 Å². The Kier molecular flexibility index (Phi) is 3.50. The summed E-state index contributed by atoms with van der Waals surface area (Å²) in [5.41, 5.74) is 2.62. The standard InChI is InChI=1S/C14H19NO3S/c16-19(17)7-1-2-14(19)10-18-13-4-3-12-9-15-6-5-11(12)8-13/h3-4,8,14-15H,1-2,5-7,9-10H2. The second-order valence-corrected chi connectivity index (χ2v) is 7.70. The SMILES string of the molecule is O=S1(=O)CCCC1COc1ccc2c(c1)CCNC2. The van der Waals surface area contributed by atoms with Crippen molar-refractivity contribution < 1.29 is 13.2 Å². The number of hydrogen-bond donors (Lipinski definition) is 1. The molecule has 4 nitrogen and oxygen atoms in total. The number of ether oxygens (including phenoxy) is 1. The van der Waals surface area contributed by atoms with E-state index in [1.165, 1.54) is 11.1 Å². The lowest BCUT2D eigenvalue weighted by atomic mass is 10.0. The van der Waals surface area contributed by atoms with Gasteiger partial charge in [-0.15, -0.1) is 0 Å². The summed E-state index contributed by atoms with van der Waals surface area (Å²) in [6, 6.07) is 6.06. The van der Waals surface area contributed by atoms with Gasteiger partial charge in [-0.1, -0.05) is 6.07 Å². The average molecular weight is 281 g/mol. The van der Waals surface area contributed by atoms with Crippen LogP contribution in [0.15, 0.2) is 18.2 Å². The van der Waals surface area contributed by atoms with Gasteiger partial charge < -0.3 is 10.1 Å². The van der Waals surface area contributed by atoms with E-state index in [4.69, 9.17) is 4.74 Å². The first-order valence-electron chi connectivity index (χ1n) is 6.82. The molecule has 0 radical (unpaired) electrons. The van der Waals surface area contributed by atoms with E-state index in [0.29, 0.717) is 12.4 Å². The van der Waals surface area contributed by atoms with Crippen LogP contribution in [0.4, 0.5) is 0 Å². The Bertz CT molecular complexity index is 568. The van der Waals surface area contributed by atoms with Crippen LogP contribution in [0.5, 0.6) is 5.75 Å². The third-order valence-corrected chi connectivity index (χ3v) is 6.21. The van der Waals surface area contributed by atoms with Gasteiger partial charge in [0.1, 0.15) is 12.4 Å². The number of fused-ring (bicyclic) bond motifs is 1. The Morgan fingerprint density at radius 3 is 3.00 bits per heavy atom. The molecule has 1 fully saturated rings. The molecule has 19 heavy (non-hydrogen) atoms. The largest absolute Gasteiger partial charge is 0.492 e. The highest BCUT2D eigenvalue weighted by atomic mass is 32.2. The molecule has 1 aromatic carbocycles. The number of sulfone groups is 1. The van der Waals surface area contributed by atoms with Crippen molar-refractivity contribution >= 4 is 9.84 Å². The van der Waals surface area contributed by atoms with Crippen LogP contribution >= 0.6 is 0 Å². The first-order chi connectivity index (χ1) is 9.15. The second kappa shape index (κ2) is 5.13. The average Bonchev–Trinajstić information content (AvgIpc) is 2.75. The van der Waals surface area contributed by atoms with Crippen molar-refractivity contribution in [3.63, 3.8) is 0 Å². The molecule has 1 N–H and O–H groups in total. The van der Waals surface area contributed by atoms with Gasteiger partial charge in [-0.2, -0.15) is 0 Å². The van der Waals surface area contributed by atoms with Crippen LogP contribution in [0.25, 0.3) is 0 Å². The summed E-state index contributed by atoms with van der Waals surface area (Å²) in [7, 11) is -2.91. The fraction of sp³-hybridized carbons (Fsp3) is 0.571. The van der Waals surface area contributed by atoms with E-state index in [1.54, 1.807) is 0 Å². The van der Waals surface area contributed by atoms with Gasteiger partial charge in [0, 0.05) is 6.54 Å². The third kappa shape index (κ3) is 2.77. The molecular formula is C14H19NO3S. The molecule has 2 aliphatic rings. The Morgan fingerprint density at radius 2 is 2.21 bits per heavy atom. The lowest BCUT2D eigenvalue weighted by molar-refractivity contribution is 0.310. The lowest BCUT2D eigenvalue weighted by Crippen LogP contribution is -2.25. The topological polar surface area (TPSA) is 55.4 Å². The molecule has 0 bridgehead atoms. The molecule has 5 heteroatoms. The van der Waals surface area contributed by atoms with Crippen LogP contribution < -0.4 is 10.1 Å². The Balaban J connectivity index is 1.67. The molecule has 0 amide bonds. The highest BCUT2D eigenvalue weighted by molar-refractivity contribution is 7.92. The molecule has 0 aromatic heterocycles. The van der Waals surface area contributed by atoms with Crippen LogP contribution in [0.1, 0.15) is 24.0 Å². The first kappa shape index (κ1) is 12.9. The van der Waals surface area contributed by atoms with Crippen molar-refractivity contribution in [1.82, 2.24) is 5.32 Å². The minimum atomic E-state index is -2.91. The molecule has 3 rings (SSSR count). The summed E-state index contributed by atoms with van der Waals surface area (Å²) in [6.07, 6.45) is 2.51. The second-order valence-electron chi connectivity index (χ2n) is 5.30. The number of rotatable bonds is 3. The fourth-order valence-corrected chi connectivity index (χ4v) is 4.48. The number of hydrogen-bond acceptors (Lipinski definition) is 4. The molecule has 104 valence electrons. The molecule has 2 aliphatic heterocycles. The minimum absolute atomic E-state index is 0.291. The summed E-state index contributed by atoms with van der Waals surface area (Å²) in [5, 5.41) is 3.01. The molecule has 1 saturated heterocycles. The van der Waals surface area contributed by atoms with Gasteiger partial charge in [-0.05, 0) is 49.1 Å². The normalized spacial score (nSPS) is 24.9. The van der Waals surface area contributed by atoms with Crippen LogP contribution in [-0.2, 0) is 22.8 Å². The molecular weight excluding hydrogens is 262 g/mol. The predicted molar refractivity (Wildman–Crippen MR) is 74.2 cm³/mol. The summed E-state index contributed by atoms with van der Waals surface area (Å²) in [4.78, 5) is 0. The lowest BCUT2D eigenvalue weighted by Gasteiger charge is -2.18. The van der Waals surface area contributed by atoms with Crippen LogP contribution in [0.3, 0.4) is 0 Å². The van der Waals surface area contributed by atoms with Crippen molar-refractivity contribution in [1.29, 1.82) is 0 Å². The zero-order valence-electron chi connectivity index (χ0n) is 10.9. The third-order valence-electron chi connectivity index (χ3n) is 3.96. The van der Waals surface area contributed by atoms with Crippen LogP contribution in [0, 0.1) is 0 Å². The van der Waals surface area contributed by atoms with E-state index in [2.05, 4.69) is 17.4 Å². The summed E-state index contributed by atoms with van der Waals surface area (Å²) in [6.45, 7) is 2.19. The van der Waals surface area contributed by atoms with Gasteiger partial charge in [0.25, 0.3) is 0 Å². The van der Waals surface area contributed by atoms with Crippen molar-refractivity contribution in [3.05, 3.63) is 29.3 Å². The quantitative estimate of drug-likeness (QED) is 0.907. The molecule has 0 aliphatic carbocycles. The molecule has 0 saturated carbocycles. The molecule has 0 spiro atoms. The van der Waals surface area contributed by atoms with Crippen LogP contribution in [0.2, 0.25) is 0 Å². The van der Waals surface area contributed by atoms with Crippen molar-refractivity contribution in [2.45, 2.75) is 31.1 Å². The predicted octanol–water partition coefficient (Wildman–Crippen LogP) is 1.29. The number of benzene rings is 1. The van der Waals surface area contributed by atoms with E-state index in [1.807, 2.05) is 6.07 Å². The smallest absolute Gasteiger partial charge is 0.156 e. The Hall–Kier alpha value is -1.07. The van der Waals surface area contributed by atoms with Gasteiger partial charge in [0.15, 0.2) is 9.84 Å². The summed E-state index contributed by atoms with van der Waals surface area (Å²) < 4.78 is 29.1. The van der Waals surface area contributed by atoms with Gasteiger partial charge in [-0.25, -0.2) is 8.42 Å². The number of nitrogens with one attached hydrogen (secondary N) is 1. The Morgan fingerprint density at radius 1 is 1.32 bits per heavy atom. The maximum Gasteiger partial charge on any atom is 0.156 e. The maximum atomic E-state index is 11.7. The van der Waals surface area contributed by atoms with Gasteiger partial charge >= 0.3 is 0 Å². The van der Waals surface area contributed by atoms with Crippen molar-refractivity contribution in [3.8, 4) is 5.75 Å². The maximum absolute atomic E-state index is 11.7. The van der Waals surface area contributed by atoms with E-state index in [0.717, 1.165) is 38.1 Å². The summed E-state index contributed by atoms with van der Waals surface area (Å²) in [5.74, 6) is 1.11. The van der Waals surface area contributed by atoms with E-state index < -0.39 is 9.84 Å². The minimum Gasteiger partial charge on any atom is -0.492 e. The van der Waals surface area contributed by atoms with Crippen molar-refractivity contribution in [2.24, 2.45) is 0 Å². The van der Waals surface area contributed by atoms with Gasteiger partial charge in [0.05, 0.1) is 11.0 Å². The highest BCUT2D eigenvalue weighted by Crippen LogP contribution is 2.24. The zero-order chi connectivity index (χ0) is 13.3. The van der Waals surface area contributed by atoms with Gasteiger partial charge in [-0.3, -0.25) is 0 Å². The monoisotopic (exact) mass is 281 g/mol. The van der Waals surface area contributed by atoms with E-state index in [9.17, 15) is 8.42 Å². The molecule has 1 aromatic rings. The summed E-state index contributed by atoms with van der Waals surface area (Å²) >= 11 is 0. The zero-order valence-corrected chi connectivity index (χ0v) is 11.7. The van der Waals surface area contributed by atoms with Crippen LogP contribution in [-0.4, -0.2) is 32.6 Å². The first-order valence-corrected chi connectivity index (χ1v) is 8.53. The van der Waals surface area contributed by atoms with Crippen molar-refractivity contribution in [2.75, 3.05) is 18.9 Å². The molecule has 1 unspecified atom stereocenters.